The number of nitriles is 1. The molecule has 0 spiro atoms. The van der Waals surface area contributed by atoms with E-state index in [9.17, 15) is 4.79 Å². The molecule has 17 heavy (non-hydrogen) atoms. The summed E-state index contributed by atoms with van der Waals surface area (Å²) in [5, 5.41) is 12.6. The molecular weight excluding hydrogens is 216 g/mol. The number of nitrogens with zero attached hydrogens (tertiary/aromatic N) is 2. The summed E-state index contributed by atoms with van der Waals surface area (Å²) in [4.78, 5) is 15.0. The van der Waals surface area contributed by atoms with Gasteiger partial charge >= 0.3 is 0 Å². The first-order valence-corrected chi connectivity index (χ1v) is 5.03. The Kier molecular flexibility index (Phi) is 2.88. The van der Waals surface area contributed by atoms with E-state index in [1.807, 2.05) is 30.3 Å². The molecule has 0 bridgehead atoms. The molecule has 0 radical (unpaired) electrons. The largest absolute Gasteiger partial charge is 0.368 e. The number of benzene rings is 1. The van der Waals surface area contributed by atoms with Crippen LogP contribution in [0, 0.1) is 11.3 Å². The molecule has 0 saturated carbocycles. The number of primary amides is 1. The van der Waals surface area contributed by atoms with Crippen molar-refractivity contribution >= 4 is 22.6 Å². The molecule has 0 aliphatic heterocycles. The van der Waals surface area contributed by atoms with Crippen molar-refractivity contribution in [3.8, 4) is 6.07 Å². The van der Waals surface area contributed by atoms with Crippen LogP contribution in [0.5, 0.6) is 0 Å². The van der Waals surface area contributed by atoms with Crippen LogP contribution in [0.3, 0.4) is 0 Å². The highest BCUT2D eigenvalue weighted by Crippen LogP contribution is 2.19. The third-order valence-corrected chi connectivity index (χ3v) is 2.27. The number of para-hydroxylation sites is 1. The second-order valence-corrected chi connectivity index (χ2v) is 3.51. The standard InChI is InChI=1S/C12H10N4O/c13-6-9-5-8-3-1-2-4-10(8)16-12(9)15-7-11(14)17/h1-5H,7H2,(H2,14,17)(H,15,16). The van der Waals surface area contributed by atoms with E-state index in [2.05, 4.69) is 10.3 Å². The number of rotatable bonds is 3. The van der Waals surface area contributed by atoms with Crippen molar-refractivity contribution in [1.82, 2.24) is 4.98 Å². The quantitative estimate of drug-likeness (QED) is 0.816. The average molecular weight is 226 g/mol. The van der Waals surface area contributed by atoms with Crippen molar-refractivity contribution in [2.75, 3.05) is 11.9 Å². The average Bonchev–Trinajstić information content (AvgIpc) is 2.35. The summed E-state index contributed by atoms with van der Waals surface area (Å²) in [6.07, 6.45) is 0. The van der Waals surface area contributed by atoms with Crippen molar-refractivity contribution < 1.29 is 4.79 Å². The number of fused-ring (bicyclic) bond motifs is 1. The highest BCUT2D eigenvalue weighted by Gasteiger charge is 2.06. The maximum Gasteiger partial charge on any atom is 0.236 e. The summed E-state index contributed by atoms with van der Waals surface area (Å²) in [7, 11) is 0. The maximum absolute atomic E-state index is 10.7. The highest BCUT2D eigenvalue weighted by molar-refractivity contribution is 5.84. The molecular formula is C12H10N4O. The second-order valence-electron chi connectivity index (χ2n) is 3.51. The smallest absolute Gasteiger partial charge is 0.236 e. The van der Waals surface area contributed by atoms with Crippen LogP contribution >= 0.6 is 0 Å². The van der Waals surface area contributed by atoms with Crippen LogP contribution in [-0.2, 0) is 4.79 Å². The predicted molar refractivity (Wildman–Crippen MR) is 64.1 cm³/mol. The van der Waals surface area contributed by atoms with Gasteiger partial charge < -0.3 is 11.1 Å². The minimum atomic E-state index is -0.496. The van der Waals surface area contributed by atoms with Crippen LogP contribution in [0.4, 0.5) is 5.82 Å². The lowest BCUT2D eigenvalue weighted by molar-refractivity contribution is -0.116. The SMILES string of the molecule is N#Cc1cc2ccccc2nc1NCC(N)=O. The number of carbonyl (C=O) groups excluding carboxylic acids is 1. The molecule has 3 N–H and O–H groups in total. The molecule has 5 heteroatoms. The van der Waals surface area contributed by atoms with E-state index in [0.29, 0.717) is 11.4 Å². The van der Waals surface area contributed by atoms with Gasteiger partial charge in [-0.05, 0) is 12.1 Å². The van der Waals surface area contributed by atoms with Gasteiger partial charge in [-0.25, -0.2) is 4.98 Å². The van der Waals surface area contributed by atoms with Crippen LogP contribution in [0.2, 0.25) is 0 Å². The Labute approximate surface area is 97.9 Å². The Morgan fingerprint density at radius 2 is 2.24 bits per heavy atom. The maximum atomic E-state index is 10.7. The fraction of sp³-hybridized carbons (Fsp3) is 0.0833. The monoisotopic (exact) mass is 226 g/mol. The number of amides is 1. The Morgan fingerprint density at radius 3 is 2.94 bits per heavy atom. The van der Waals surface area contributed by atoms with E-state index in [1.165, 1.54) is 0 Å². The summed E-state index contributed by atoms with van der Waals surface area (Å²) >= 11 is 0. The van der Waals surface area contributed by atoms with Gasteiger partial charge in [0.05, 0.1) is 17.6 Å². The molecule has 0 atom stereocenters. The Bertz CT molecular complexity index is 615. The predicted octanol–water partition coefficient (Wildman–Crippen LogP) is 1.00. The van der Waals surface area contributed by atoms with Gasteiger partial charge in [0.1, 0.15) is 11.9 Å². The minimum Gasteiger partial charge on any atom is -0.368 e. The fourth-order valence-corrected chi connectivity index (χ4v) is 1.51. The number of aromatic nitrogens is 1. The van der Waals surface area contributed by atoms with E-state index in [0.717, 1.165) is 10.9 Å². The number of hydrogen-bond acceptors (Lipinski definition) is 4. The molecule has 1 aromatic carbocycles. The first kappa shape index (κ1) is 10.9. The molecule has 0 fully saturated rings. The second kappa shape index (κ2) is 4.49. The Balaban J connectivity index is 2.46. The fourth-order valence-electron chi connectivity index (χ4n) is 1.51. The summed E-state index contributed by atoms with van der Waals surface area (Å²) in [6, 6.07) is 11.2. The normalized spacial score (nSPS) is 9.82. The van der Waals surface area contributed by atoms with Crippen LogP contribution < -0.4 is 11.1 Å². The molecule has 2 aromatic rings. The van der Waals surface area contributed by atoms with Gasteiger partial charge in [-0.2, -0.15) is 5.26 Å². The van der Waals surface area contributed by atoms with Crippen LogP contribution in [0.25, 0.3) is 10.9 Å². The third kappa shape index (κ3) is 2.32. The van der Waals surface area contributed by atoms with E-state index in [4.69, 9.17) is 11.0 Å². The molecule has 1 aromatic heterocycles. The van der Waals surface area contributed by atoms with Gasteiger partial charge in [-0.15, -0.1) is 0 Å². The first-order chi connectivity index (χ1) is 8.20. The van der Waals surface area contributed by atoms with Crippen molar-refractivity contribution in [1.29, 1.82) is 5.26 Å². The number of nitrogens with two attached hydrogens (primary N) is 1. The van der Waals surface area contributed by atoms with Gasteiger partial charge in [0, 0.05) is 5.39 Å². The van der Waals surface area contributed by atoms with Gasteiger partial charge in [0.2, 0.25) is 5.91 Å². The lowest BCUT2D eigenvalue weighted by Gasteiger charge is -2.06. The Morgan fingerprint density at radius 1 is 1.47 bits per heavy atom. The molecule has 5 nitrogen and oxygen atoms in total. The highest BCUT2D eigenvalue weighted by atomic mass is 16.1. The molecule has 1 heterocycles. The van der Waals surface area contributed by atoms with Crippen molar-refractivity contribution in [2.24, 2.45) is 5.73 Å². The van der Waals surface area contributed by atoms with E-state index in [1.54, 1.807) is 6.07 Å². The molecule has 0 unspecified atom stereocenters. The zero-order valence-corrected chi connectivity index (χ0v) is 8.97. The lowest BCUT2D eigenvalue weighted by Crippen LogP contribution is -2.22. The first-order valence-electron chi connectivity index (χ1n) is 5.03. The molecule has 84 valence electrons. The zero-order valence-electron chi connectivity index (χ0n) is 8.97. The van der Waals surface area contributed by atoms with E-state index < -0.39 is 5.91 Å². The van der Waals surface area contributed by atoms with Crippen LogP contribution in [-0.4, -0.2) is 17.4 Å². The summed E-state index contributed by atoms with van der Waals surface area (Å²) in [6.45, 7) is -0.0416. The summed E-state index contributed by atoms with van der Waals surface area (Å²) in [5.41, 5.74) is 6.19. The van der Waals surface area contributed by atoms with Gasteiger partial charge in [0.25, 0.3) is 0 Å². The summed E-state index contributed by atoms with van der Waals surface area (Å²) < 4.78 is 0. The van der Waals surface area contributed by atoms with Gasteiger partial charge in [-0.3, -0.25) is 4.79 Å². The third-order valence-electron chi connectivity index (χ3n) is 2.27. The van der Waals surface area contributed by atoms with Gasteiger partial charge in [-0.1, -0.05) is 18.2 Å². The number of anilines is 1. The van der Waals surface area contributed by atoms with Crippen molar-refractivity contribution in [3.63, 3.8) is 0 Å². The topological polar surface area (TPSA) is 91.8 Å². The van der Waals surface area contributed by atoms with Crippen LogP contribution in [0.15, 0.2) is 30.3 Å². The van der Waals surface area contributed by atoms with Crippen molar-refractivity contribution in [3.05, 3.63) is 35.9 Å². The summed E-state index contributed by atoms with van der Waals surface area (Å²) in [5.74, 6) is -0.117. The molecule has 0 aliphatic rings. The molecule has 0 saturated heterocycles. The number of hydrogen-bond donors (Lipinski definition) is 2. The number of nitrogens with one attached hydrogen (secondary N) is 1. The van der Waals surface area contributed by atoms with Crippen LogP contribution in [0.1, 0.15) is 5.56 Å². The molecule has 1 amide bonds. The van der Waals surface area contributed by atoms with Crippen molar-refractivity contribution in [2.45, 2.75) is 0 Å². The molecule has 0 aliphatic carbocycles. The lowest BCUT2D eigenvalue weighted by atomic mass is 10.1. The van der Waals surface area contributed by atoms with E-state index in [-0.39, 0.29) is 6.54 Å². The number of pyridine rings is 1. The van der Waals surface area contributed by atoms with E-state index >= 15 is 0 Å². The molecule has 2 rings (SSSR count). The zero-order chi connectivity index (χ0) is 12.3. The minimum absolute atomic E-state index is 0.0416. The number of carbonyl (C=O) groups is 1. The van der Waals surface area contributed by atoms with Gasteiger partial charge in [0.15, 0.2) is 0 Å². The Hall–Kier alpha value is -2.61.